The number of rotatable bonds is 5. The summed E-state index contributed by atoms with van der Waals surface area (Å²) in [4.78, 5) is 13.8. The maximum atomic E-state index is 11.7. The third-order valence-corrected chi connectivity index (χ3v) is 3.25. The average molecular weight is 279 g/mol. The number of hydrogen-bond donors (Lipinski definition) is 2. The first-order chi connectivity index (χ1) is 9.78. The number of piperazine rings is 1. The van der Waals surface area contributed by atoms with Gasteiger partial charge in [0, 0.05) is 32.7 Å². The van der Waals surface area contributed by atoms with E-state index in [0.717, 1.165) is 31.7 Å². The smallest absolute Gasteiger partial charge is 0.422 e. The molecular formula is C14H21N3O3. The Hall–Kier alpha value is -1.63. The number of hydrazine groups is 1. The molecule has 2 rings (SSSR count). The van der Waals surface area contributed by atoms with Gasteiger partial charge in [0.25, 0.3) is 0 Å². The molecule has 110 valence electrons. The fourth-order valence-electron chi connectivity index (χ4n) is 2.11. The lowest BCUT2D eigenvalue weighted by Gasteiger charge is -2.33. The summed E-state index contributed by atoms with van der Waals surface area (Å²) in [6.45, 7) is 4.27. The molecule has 0 unspecified atom stereocenters. The summed E-state index contributed by atoms with van der Waals surface area (Å²) in [7, 11) is 0. The molecule has 2 N–H and O–H groups in total. The number of nitrogens with zero attached hydrogens (tertiary/aromatic N) is 2. The van der Waals surface area contributed by atoms with Gasteiger partial charge in [-0.05, 0) is 5.56 Å². The largest absolute Gasteiger partial charge is 0.444 e. The Labute approximate surface area is 118 Å². The van der Waals surface area contributed by atoms with Crippen LogP contribution < -0.4 is 5.43 Å². The number of carbonyl (C=O) groups excluding carboxylic acids is 1. The van der Waals surface area contributed by atoms with E-state index in [-0.39, 0.29) is 13.2 Å². The Morgan fingerprint density at radius 1 is 1.20 bits per heavy atom. The number of aliphatic hydroxyl groups excluding tert-OH is 1. The van der Waals surface area contributed by atoms with E-state index < -0.39 is 6.09 Å². The van der Waals surface area contributed by atoms with E-state index in [1.165, 1.54) is 0 Å². The molecule has 1 aliphatic rings. The van der Waals surface area contributed by atoms with Crippen LogP contribution in [-0.4, -0.2) is 60.4 Å². The number of benzene rings is 1. The molecule has 1 amide bonds. The molecule has 1 fully saturated rings. The molecule has 0 bridgehead atoms. The quantitative estimate of drug-likeness (QED) is 0.818. The van der Waals surface area contributed by atoms with Crippen molar-refractivity contribution in [2.24, 2.45) is 0 Å². The first-order valence-electron chi connectivity index (χ1n) is 6.83. The molecule has 6 heteroatoms. The highest BCUT2D eigenvalue weighted by atomic mass is 16.6. The molecule has 6 nitrogen and oxygen atoms in total. The van der Waals surface area contributed by atoms with Crippen LogP contribution in [0.5, 0.6) is 0 Å². The number of hydrogen-bond acceptors (Lipinski definition) is 5. The zero-order valence-electron chi connectivity index (χ0n) is 11.5. The average Bonchev–Trinajstić information content (AvgIpc) is 2.49. The molecule has 0 atom stereocenters. The lowest BCUT2D eigenvalue weighted by atomic mass is 10.2. The Kier molecular flexibility index (Phi) is 5.79. The van der Waals surface area contributed by atoms with E-state index in [4.69, 9.17) is 9.84 Å². The van der Waals surface area contributed by atoms with Gasteiger partial charge in [-0.25, -0.2) is 9.80 Å². The fourth-order valence-corrected chi connectivity index (χ4v) is 2.11. The van der Waals surface area contributed by atoms with Gasteiger partial charge in [-0.1, -0.05) is 30.3 Å². The molecule has 1 heterocycles. The van der Waals surface area contributed by atoms with Crippen molar-refractivity contribution < 1.29 is 14.6 Å². The van der Waals surface area contributed by atoms with Gasteiger partial charge in [-0.3, -0.25) is 10.3 Å². The van der Waals surface area contributed by atoms with Crippen molar-refractivity contribution in [3.63, 3.8) is 0 Å². The highest BCUT2D eigenvalue weighted by Crippen LogP contribution is 2.02. The minimum atomic E-state index is -0.426. The molecule has 0 spiro atoms. The lowest BCUT2D eigenvalue weighted by Crippen LogP contribution is -2.54. The Bertz CT molecular complexity index is 405. The molecule has 1 saturated heterocycles. The van der Waals surface area contributed by atoms with E-state index in [0.29, 0.717) is 6.54 Å². The van der Waals surface area contributed by atoms with E-state index in [1.54, 1.807) is 0 Å². The lowest BCUT2D eigenvalue weighted by molar-refractivity contribution is 0.0604. The molecule has 1 aromatic rings. The molecular weight excluding hydrogens is 258 g/mol. The van der Waals surface area contributed by atoms with Crippen molar-refractivity contribution in [1.29, 1.82) is 0 Å². The number of amides is 1. The van der Waals surface area contributed by atoms with Gasteiger partial charge < -0.3 is 9.84 Å². The van der Waals surface area contributed by atoms with E-state index >= 15 is 0 Å². The van der Waals surface area contributed by atoms with Crippen LogP contribution in [0.2, 0.25) is 0 Å². The topological polar surface area (TPSA) is 65.0 Å². The van der Waals surface area contributed by atoms with Crippen LogP contribution in [0.1, 0.15) is 5.56 Å². The van der Waals surface area contributed by atoms with Gasteiger partial charge >= 0.3 is 6.09 Å². The van der Waals surface area contributed by atoms with Crippen molar-refractivity contribution in [3.8, 4) is 0 Å². The van der Waals surface area contributed by atoms with E-state index in [1.807, 2.05) is 35.3 Å². The van der Waals surface area contributed by atoms with Crippen molar-refractivity contribution in [2.45, 2.75) is 6.61 Å². The number of carbonyl (C=O) groups is 1. The van der Waals surface area contributed by atoms with Gasteiger partial charge in [0.15, 0.2) is 0 Å². The van der Waals surface area contributed by atoms with Gasteiger partial charge in [-0.2, -0.15) is 0 Å². The SMILES string of the molecule is O=C(NN1CCN(CCO)CC1)OCc1ccccc1. The summed E-state index contributed by atoms with van der Waals surface area (Å²) in [5.41, 5.74) is 3.70. The summed E-state index contributed by atoms with van der Waals surface area (Å²) in [6, 6.07) is 9.59. The van der Waals surface area contributed by atoms with Crippen molar-refractivity contribution >= 4 is 6.09 Å². The van der Waals surface area contributed by atoms with E-state index in [9.17, 15) is 4.79 Å². The third kappa shape index (κ3) is 4.80. The Balaban J connectivity index is 1.65. The monoisotopic (exact) mass is 279 g/mol. The predicted molar refractivity (Wildman–Crippen MR) is 74.9 cm³/mol. The second kappa shape index (κ2) is 7.84. The normalized spacial score (nSPS) is 16.9. The predicted octanol–water partition coefficient (Wildman–Crippen LogP) is 0.438. The standard InChI is InChI=1S/C14H21N3O3/c18-11-10-16-6-8-17(9-7-16)15-14(19)20-12-13-4-2-1-3-5-13/h1-5,18H,6-12H2,(H,15,19). The maximum Gasteiger partial charge on any atom is 0.422 e. The number of ether oxygens (including phenoxy) is 1. The van der Waals surface area contributed by atoms with Crippen LogP contribution in [0, 0.1) is 0 Å². The van der Waals surface area contributed by atoms with Gasteiger partial charge in [-0.15, -0.1) is 0 Å². The van der Waals surface area contributed by atoms with E-state index in [2.05, 4.69) is 10.3 Å². The van der Waals surface area contributed by atoms with Crippen molar-refractivity contribution in [1.82, 2.24) is 15.3 Å². The molecule has 0 saturated carbocycles. The van der Waals surface area contributed by atoms with Crippen LogP contribution in [0.3, 0.4) is 0 Å². The highest BCUT2D eigenvalue weighted by Gasteiger charge is 2.18. The van der Waals surface area contributed by atoms with Crippen LogP contribution in [0.4, 0.5) is 4.79 Å². The summed E-state index contributed by atoms with van der Waals surface area (Å²) in [5, 5.41) is 10.7. The number of aliphatic hydroxyl groups is 1. The summed E-state index contributed by atoms with van der Waals surface area (Å²) < 4.78 is 5.16. The first-order valence-corrected chi connectivity index (χ1v) is 6.83. The second-order valence-electron chi connectivity index (χ2n) is 4.73. The molecule has 0 aromatic heterocycles. The van der Waals surface area contributed by atoms with Crippen LogP contribution >= 0.6 is 0 Å². The minimum absolute atomic E-state index is 0.173. The van der Waals surface area contributed by atoms with Gasteiger partial charge in [0.1, 0.15) is 6.61 Å². The Morgan fingerprint density at radius 3 is 2.55 bits per heavy atom. The number of nitrogens with one attached hydrogen (secondary N) is 1. The third-order valence-electron chi connectivity index (χ3n) is 3.25. The summed E-state index contributed by atoms with van der Waals surface area (Å²) in [6.07, 6.45) is -0.426. The fraction of sp³-hybridized carbons (Fsp3) is 0.500. The highest BCUT2D eigenvalue weighted by molar-refractivity contribution is 5.66. The van der Waals surface area contributed by atoms with Gasteiger partial charge in [0.05, 0.1) is 6.61 Å². The van der Waals surface area contributed by atoms with Crippen LogP contribution in [-0.2, 0) is 11.3 Å². The zero-order chi connectivity index (χ0) is 14.2. The summed E-state index contributed by atoms with van der Waals surface area (Å²) >= 11 is 0. The maximum absolute atomic E-state index is 11.7. The van der Waals surface area contributed by atoms with Crippen LogP contribution in [0.25, 0.3) is 0 Å². The van der Waals surface area contributed by atoms with Crippen molar-refractivity contribution in [2.75, 3.05) is 39.3 Å². The van der Waals surface area contributed by atoms with Gasteiger partial charge in [0.2, 0.25) is 0 Å². The van der Waals surface area contributed by atoms with Crippen LogP contribution in [0.15, 0.2) is 30.3 Å². The minimum Gasteiger partial charge on any atom is -0.444 e. The second-order valence-corrected chi connectivity index (χ2v) is 4.73. The Morgan fingerprint density at radius 2 is 1.90 bits per heavy atom. The molecule has 0 aliphatic carbocycles. The number of β-amino-alcohol motifs (C(OH)–C–C–N with tert-alkyl or cyclic N) is 1. The molecule has 1 aliphatic heterocycles. The summed E-state index contributed by atoms with van der Waals surface area (Å²) in [5.74, 6) is 0. The molecule has 20 heavy (non-hydrogen) atoms. The zero-order valence-corrected chi connectivity index (χ0v) is 11.5. The van der Waals surface area contributed by atoms with Crippen molar-refractivity contribution in [3.05, 3.63) is 35.9 Å². The molecule has 0 radical (unpaired) electrons. The molecule has 1 aromatic carbocycles. The first kappa shape index (κ1) is 14.8.